The van der Waals surface area contributed by atoms with Gasteiger partial charge in [-0.2, -0.15) is 0 Å². The standard InChI is InChI=1S/C10H15NO2S.C3H8.H2/c1-4-9(5-2)10(13)14-7-6-11-8(3)12;1-3-2;/h4-5H,1,6-7H2,2-3H3,(H,11,12);3H2,1-2H3;1H/b9-5+;;. The van der Waals surface area contributed by atoms with Gasteiger partial charge in [0.05, 0.1) is 0 Å². The minimum absolute atomic E-state index is 0. The van der Waals surface area contributed by atoms with Crippen molar-refractivity contribution < 1.29 is 11.0 Å². The van der Waals surface area contributed by atoms with Crippen LogP contribution in [0, 0.1) is 0 Å². The van der Waals surface area contributed by atoms with Crippen molar-refractivity contribution in [3.8, 4) is 0 Å². The Kier molecular flexibility index (Phi) is 14.1. The Morgan fingerprint density at radius 2 is 1.94 bits per heavy atom. The van der Waals surface area contributed by atoms with E-state index in [4.69, 9.17) is 0 Å². The van der Waals surface area contributed by atoms with Gasteiger partial charge in [0.25, 0.3) is 0 Å². The molecule has 17 heavy (non-hydrogen) atoms. The van der Waals surface area contributed by atoms with Crippen LogP contribution in [-0.4, -0.2) is 23.3 Å². The SMILES string of the molecule is C=C/C(=C\C)C(=O)SCCNC(C)=O.CCC.[HH]. The molecule has 0 rings (SSSR count). The van der Waals surface area contributed by atoms with E-state index >= 15 is 0 Å². The van der Waals surface area contributed by atoms with Crippen LogP contribution in [0.5, 0.6) is 0 Å². The summed E-state index contributed by atoms with van der Waals surface area (Å²) in [4.78, 5) is 21.9. The molecule has 0 saturated heterocycles. The van der Waals surface area contributed by atoms with Gasteiger partial charge in [0.2, 0.25) is 11.0 Å². The average Bonchev–Trinajstić information content (AvgIpc) is 2.27. The van der Waals surface area contributed by atoms with E-state index in [1.807, 2.05) is 0 Å². The molecule has 0 spiro atoms. The Hall–Kier alpha value is -1.03. The van der Waals surface area contributed by atoms with Crippen molar-refractivity contribution in [2.24, 2.45) is 0 Å². The first-order valence-corrected chi connectivity index (χ1v) is 6.72. The number of allylic oxidation sites excluding steroid dienone is 2. The zero-order valence-electron chi connectivity index (χ0n) is 11.2. The van der Waals surface area contributed by atoms with Crippen molar-refractivity contribution in [3.63, 3.8) is 0 Å². The van der Waals surface area contributed by atoms with Crippen molar-refractivity contribution in [3.05, 3.63) is 24.3 Å². The number of hydrogen-bond acceptors (Lipinski definition) is 3. The highest BCUT2D eigenvalue weighted by atomic mass is 32.2. The Balaban J connectivity index is -0.000000507. The first-order chi connectivity index (χ1) is 8.03. The molecule has 0 atom stereocenters. The zero-order valence-corrected chi connectivity index (χ0v) is 12.0. The van der Waals surface area contributed by atoms with Gasteiger partial charge < -0.3 is 5.32 Å². The Morgan fingerprint density at radius 3 is 2.29 bits per heavy atom. The lowest BCUT2D eigenvalue weighted by molar-refractivity contribution is -0.118. The van der Waals surface area contributed by atoms with E-state index in [-0.39, 0.29) is 12.4 Å². The lowest BCUT2D eigenvalue weighted by atomic mass is 10.3. The highest BCUT2D eigenvalue weighted by Crippen LogP contribution is 2.10. The summed E-state index contributed by atoms with van der Waals surface area (Å²) in [5, 5.41) is 2.61. The molecule has 0 bridgehead atoms. The summed E-state index contributed by atoms with van der Waals surface area (Å²) in [5.41, 5.74) is 0.609. The molecule has 0 aromatic carbocycles. The molecule has 0 heterocycles. The Bertz CT molecular complexity index is 278. The third-order valence-electron chi connectivity index (χ3n) is 1.48. The van der Waals surface area contributed by atoms with Crippen LogP contribution in [0.15, 0.2) is 24.3 Å². The maximum atomic E-state index is 11.4. The van der Waals surface area contributed by atoms with Crippen LogP contribution in [0.4, 0.5) is 0 Å². The number of carbonyl (C=O) groups excluding carboxylic acids is 2. The predicted octanol–water partition coefficient (Wildman–Crippen LogP) is 3.18. The van der Waals surface area contributed by atoms with Crippen molar-refractivity contribution in [1.29, 1.82) is 0 Å². The van der Waals surface area contributed by atoms with Crippen molar-refractivity contribution in [2.45, 2.75) is 34.1 Å². The van der Waals surface area contributed by atoms with E-state index in [0.717, 1.165) is 0 Å². The van der Waals surface area contributed by atoms with Crippen molar-refractivity contribution >= 4 is 22.8 Å². The second-order valence-electron chi connectivity index (χ2n) is 3.27. The van der Waals surface area contributed by atoms with Crippen molar-refractivity contribution in [2.75, 3.05) is 12.3 Å². The number of amides is 1. The van der Waals surface area contributed by atoms with E-state index in [2.05, 4.69) is 25.7 Å². The molecule has 3 nitrogen and oxygen atoms in total. The molecule has 4 heteroatoms. The molecule has 0 aliphatic carbocycles. The lowest BCUT2D eigenvalue weighted by Gasteiger charge is -2.01. The van der Waals surface area contributed by atoms with Crippen LogP contribution >= 0.6 is 11.8 Å². The van der Waals surface area contributed by atoms with Gasteiger partial charge >= 0.3 is 0 Å². The molecule has 0 unspecified atom stereocenters. The topological polar surface area (TPSA) is 46.2 Å². The van der Waals surface area contributed by atoms with Crippen LogP contribution in [0.25, 0.3) is 0 Å². The molecular weight excluding hydrogens is 234 g/mol. The molecular formula is C13H25NO2S. The summed E-state index contributed by atoms with van der Waals surface area (Å²) >= 11 is 1.18. The second kappa shape index (κ2) is 13.0. The minimum Gasteiger partial charge on any atom is -0.356 e. The maximum absolute atomic E-state index is 11.4. The van der Waals surface area contributed by atoms with Crippen LogP contribution in [-0.2, 0) is 9.59 Å². The fourth-order valence-electron chi connectivity index (χ4n) is 0.773. The van der Waals surface area contributed by atoms with Crippen LogP contribution in [0.3, 0.4) is 0 Å². The van der Waals surface area contributed by atoms with E-state index in [1.165, 1.54) is 31.2 Å². The average molecular weight is 259 g/mol. The van der Waals surface area contributed by atoms with E-state index < -0.39 is 0 Å². The molecule has 0 aromatic rings. The normalized spacial score (nSPS) is 10.0. The first-order valence-electron chi connectivity index (χ1n) is 5.73. The summed E-state index contributed by atoms with van der Waals surface area (Å²) in [6.45, 7) is 11.5. The number of thioether (sulfide) groups is 1. The molecule has 0 saturated carbocycles. The minimum atomic E-state index is -0.0759. The van der Waals surface area contributed by atoms with Gasteiger partial charge in [-0.3, -0.25) is 9.59 Å². The molecule has 0 fully saturated rings. The third-order valence-corrected chi connectivity index (χ3v) is 2.38. The summed E-state index contributed by atoms with van der Waals surface area (Å²) in [6.07, 6.45) is 4.51. The Morgan fingerprint density at radius 1 is 1.41 bits per heavy atom. The fourth-order valence-corrected chi connectivity index (χ4v) is 1.53. The molecule has 0 aromatic heterocycles. The largest absolute Gasteiger partial charge is 0.356 e. The summed E-state index contributed by atoms with van der Waals surface area (Å²) in [7, 11) is 0. The smallest absolute Gasteiger partial charge is 0.219 e. The van der Waals surface area contributed by atoms with Crippen molar-refractivity contribution in [1.82, 2.24) is 5.32 Å². The van der Waals surface area contributed by atoms with Crippen LogP contribution in [0.1, 0.15) is 35.5 Å². The number of hydrogen-bond donors (Lipinski definition) is 1. The van der Waals surface area contributed by atoms with Gasteiger partial charge in [-0.25, -0.2) is 0 Å². The summed E-state index contributed by atoms with van der Waals surface area (Å²) in [5.74, 6) is 0.511. The lowest BCUT2D eigenvalue weighted by Crippen LogP contribution is -2.22. The number of rotatable bonds is 5. The van der Waals surface area contributed by atoms with E-state index in [1.54, 1.807) is 13.0 Å². The molecule has 1 amide bonds. The monoisotopic (exact) mass is 259 g/mol. The van der Waals surface area contributed by atoms with Crippen LogP contribution < -0.4 is 5.32 Å². The van der Waals surface area contributed by atoms with Gasteiger partial charge in [-0.1, -0.05) is 50.8 Å². The molecule has 0 aliphatic heterocycles. The van der Waals surface area contributed by atoms with Gasteiger partial charge in [0.1, 0.15) is 0 Å². The summed E-state index contributed by atoms with van der Waals surface area (Å²) < 4.78 is 0. The zero-order chi connectivity index (χ0) is 13.7. The quantitative estimate of drug-likeness (QED) is 0.468. The highest BCUT2D eigenvalue weighted by molar-refractivity contribution is 8.14. The second-order valence-corrected chi connectivity index (χ2v) is 4.34. The van der Waals surface area contributed by atoms with E-state index in [0.29, 0.717) is 17.9 Å². The molecule has 100 valence electrons. The first kappa shape index (κ1) is 18.3. The maximum Gasteiger partial charge on any atom is 0.219 e. The van der Waals surface area contributed by atoms with E-state index in [9.17, 15) is 9.59 Å². The number of nitrogens with one attached hydrogen (secondary N) is 1. The van der Waals surface area contributed by atoms with Gasteiger partial charge in [0, 0.05) is 26.2 Å². The number of carbonyl (C=O) groups is 2. The predicted molar refractivity (Wildman–Crippen MR) is 78.2 cm³/mol. The molecule has 0 aliphatic rings. The van der Waals surface area contributed by atoms with Gasteiger partial charge in [0.15, 0.2) is 0 Å². The summed E-state index contributed by atoms with van der Waals surface area (Å²) in [6, 6.07) is 0. The highest BCUT2D eigenvalue weighted by Gasteiger charge is 2.04. The third kappa shape index (κ3) is 12.9. The van der Waals surface area contributed by atoms with Gasteiger partial charge in [-0.15, -0.1) is 0 Å². The fraction of sp³-hybridized carbons (Fsp3) is 0.538. The molecule has 0 radical (unpaired) electrons. The van der Waals surface area contributed by atoms with Gasteiger partial charge in [-0.05, 0) is 6.92 Å². The van der Waals surface area contributed by atoms with Crippen LogP contribution in [0.2, 0.25) is 0 Å². The Labute approximate surface area is 110 Å². The molecule has 1 N–H and O–H groups in total.